The number of alkyl halides is 3. The molecule has 0 aliphatic carbocycles. The Morgan fingerprint density at radius 2 is 1.93 bits per heavy atom. The molecule has 0 N–H and O–H groups in total. The van der Waals surface area contributed by atoms with Crippen molar-refractivity contribution in [1.82, 2.24) is 0 Å². The molecule has 1 nitrogen and oxygen atoms in total. The van der Waals surface area contributed by atoms with Crippen molar-refractivity contribution in [2.24, 2.45) is 0 Å². The quantitative estimate of drug-likeness (QED) is 0.685. The maximum atomic E-state index is 13.0. The van der Waals surface area contributed by atoms with Crippen molar-refractivity contribution in [3.8, 4) is 6.07 Å². The summed E-state index contributed by atoms with van der Waals surface area (Å²) in [6, 6.07) is 3.13. The summed E-state index contributed by atoms with van der Waals surface area (Å²) in [6.45, 7) is 0. The van der Waals surface area contributed by atoms with Crippen LogP contribution in [0.1, 0.15) is 11.1 Å². The normalized spacial score (nSPS) is 11.2. The molecule has 1 rings (SSSR count). The third-order valence-electron chi connectivity index (χ3n) is 1.68. The van der Waals surface area contributed by atoms with E-state index >= 15 is 0 Å². The summed E-state index contributed by atoms with van der Waals surface area (Å²) in [4.78, 5) is 0. The summed E-state index contributed by atoms with van der Waals surface area (Å²) in [6.07, 6.45) is -5.01. The van der Waals surface area contributed by atoms with E-state index in [1.807, 2.05) is 0 Å². The molecule has 1 aromatic carbocycles. The lowest BCUT2D eigenvalue weighted by Crippen LogP contribution is -2.08. The molecule has 0 spiro atoms. The van der Waals surface area contributed by atoms with Crippen molar-refractivity contribution in [1.29, 1.82) is 5.26 Å². The fourth-order valence-electron chi connectivity index (χ4n) is 1.04. The number of hydrogen-bond donors (Lipinski definition) is 0. The van der Waals surface area contributed by atoms with Gasteiger partial charge in [-0.25, -0.2) is 4.39 Å². The molecule has 80 valence electrons. The molecule has 0 atom stereocenters. The van der Waals surface area contributed by atoms with Gasteiger partial charge in [-0.1, -0.05) is 11.6 Å². The standard InChI is InChI=1S/C9H4ClF4N/c10-8-6(9(12,13)14)3-5(1-2-15)4-7(8)11/h3-4H,1H2. The molecule has 0 aliphatic heterocycles. The van der Waals surface area contributed by atoms with Gasteiger partial charge in [0.05, 0.1) is 23.1 Å². The van der Waals surface area contributed by atoms with Crippen molar-refractivity contribution in [2.75, 3.05) is 0 Å². The Kier molecular flexibility index (Phi) is 3.20. The molecule has 0 saturated carbocycles. The van der Waals surface area contributed by atoms with E-state index in [0.717, 1.165) is 6.07 Å². The summed E-state index contributed by atoms with van der Waals surface area (Å²) in [7, 11) is 0. The largest absolute Gasteiger partial charge is 0.417 e. The molecule has 1 aromatic rings. The summed E-state index contributed by atoms with van der Waals surface area (Å²) in [5.41, 5.74) is -1.30. The van der Waals surface area contributed by atoms with E-state index in [4.69, 9.17) is 16.9 Å². The predicted octanol–water partition coefficient (Wildman–Crippen LogP) is 3.56. The third kappa shape index (κ3) is 2.60. The molecule has 0 saturated heterocycles. The predicted molar refractivity (Wildman–Crippen MR) is 45.7 cm³/mol. The Hall–Kier alpha value is -1.28. The Balaban J connectivity index is 3.33. The third-order valence-corrected chi connectivity index (χ3v) is 2.06. The minimum atomic E-state index is -4.72. The Morgan fingerprint density at radius 3 is 2.40 bits per heavy atom. The molecule has 6 heteroatoms. The zero-order valence-corrected chi connectivity index (χ0v) is 7.95. The van der Waals surface area contributed by atoms with Crippen LogP contribution in [0.3, 0.4) is 0 Å². The van der Waals surface area contributed by atoms with Crippen molar-refractivity contribution in [2.45, 2.75) is 12.6 Å². The van der Waals surface area contributed by atoms with Crippen LogP contribution in [0.4, 0.5) is 17.6 Å². The summed E-state index contributed by atoms with van der Waals surface area (Å²) >= 11 is 5.17. The Bertz CT molecular complexity index is 419. The highest BCUT2D eigenvalue weighted by Gasteiger charge is 2.34. The molecule has 0 aliphatic rings. The van der Waals surface area contributed by atoms with Gasteiger partial charge in [0.2, 0.25) is 0 Å². The topological polar surface area (TPSA) is 23.8 Å². The van der Waals surface area contributed by atoms with Crippen LogP contribution in [0.2, 0.25) is 5.02 Å². The SMILES string of the molecule is N#CCc1cc(F)c(Cl)c(C(F)(F)F)c1. The van der Waals surface area contributed by atoms with Crippen LogP contribution < -0.4 is 0 Å². The molecule has 0 bridgehead atoms. The van der Waals surface area contributed by atoms with E-state index in [1.54, 1.807) is 6.07 Å². The second-order valence-corrected chi connectivity index (χ2v) is 3.15. The molecule has 0 amide bonds. The number of benzene rings is 1. The van der Waals surface area contributed by atoms with Crippen LogP contribution in [-0.2, 0) is 12.6 Å². The smallest absolute Gasteiger partial charge is 0.205 e. The van der Waals surface area contributed by atoms with Crippen LogP contribution >= 0.6 is 11.6 Å². The van der Waals surface area contributed by atoms with E-state index in [9.17, 15) is 17.6 Å². The summed E-state index contributed by atoms with van der Waals surface area (Å²) in [5.74, 6) is -1.17. The maximum Gasteiger partial charge on any atom is 0.417 e. The zero-order chi connectivity index (χ0) is 11.6. The fraction of sp³-hybridized carbons (Fsp3) is 0.222. The molecular formula is C9H4ClF4N. The lowest BCUT2D eigenvalue weighted by Gasteiger charge is -2.10. The van der Waals surface area contributed by atoms with Gasteiger partial charge >= 0.3 is 6.18 Å². The van der Waals surface area contributed by atoms with Crippen molar-refractivity contribution >= 4 is 11.6 Å². The summed E-state index contributed by atoms with van der Waals surface area (Å²) in [5, 5.41) is 7.32. The molecule has 0 aromatic heterocycles. The zero-order valence-electron chi connectivity index (χ0n) is 7.20. The molecule has 0 unspecified atom stereocenters. The molecule has 15 heavy (non-hydrogen) atoms. The van der Waals surface area contributed by atoms with Gasteiger partial charge in [-0.05, 0) is 17.7 Å². The molecule has 0 heterocycles. The van der Waals surface area contributed by atoms with Crippen molar-refractivity contribution < 1.29 is 17.6 Å². The van der Waals surface area contributed by atoms with Crippen LogP contribution in [0.15, 0.2) is 12.1 Å². The highest BCUT2D eigenvalue weighted by Crippen LogP contribution is 2.36. The molecule has 0 radical (unpaired) electrons. The van der Waals surface area contributed by atoms with Gasteiger partial charge in [-0.15, -0.1) is 0 Å². The van der Waals surface area contributed by atoms with Crippen molar-refractivity contribution in [3.63, 3.8) is 0 Å². The van der Waals surface area contributed by atoms with Gasteiger partial charge in [0.15, 0.2) is 0 Å². The lowest BCUT2D eigenvalue weighted by molar-refractivity contribution is -0.137. The van der Waals surface area contributed by atoms with E-state index in [1.165, 1.54) is 0 Å². The van der Waals surface area contributed by atoms with Gasteiger partial charge in [-0.3, -0.25) is 0 Å². The second kappa shape index (κ2) is 4.07. The maximum absolute atomic E-state index is 13.0. The highest BCUT2D eigenvalue weighted by atomic mass is 35.5. The van der Waals surface area contributed by atoms with Gasteiger partial charge in [0.1, 0.15) is 5.82 Å². The average Bonchev–Trinajstić information content (AvgIpc) is 2.09. The lowest BCUT2D eigenvalue weighted by atomic mass is 10.1. The number of nitrogens with zero attached hydrogens (tertiary/aromatic N) is 1. The van der Waals surface area contributed by atoms with Gasteiger partial charge in [-0.2, -0.15) is 18.4 Å². The van der Waals surface area contributed by atoms with Crippen molar-refractivity contribution in [3.05, 3.63) is 34.1 Å². The van der Waals surface area contributed by atoms with Gasteiger partial charge in [0, 0.05) is 0 Å². The van der Waals surface area contributed by atoms with E-state index in [-0.39, 0.29) is 12.0 Å². The van der Waals surface area contributed by atoms with Crippen LogP contribution in [0.25, 0.3) is 0 Å². The minimum absolute atomic E-state index is 0.0493. The van der Waals surface area contributed by atoms with Gasteiger partial charge in [0.25, 0.3) is 0 Å². The fourth-order valence-corrected chi connectivity index (χ4v) is 1.26. The van der Waals surface area contributed by atoms with Crippen LogP contribution in [-0.4, -0.2) is 0 Å². The number of rotatable bonds is 1. The minimum Gasteiger partial charge on any atom is -0.205 e. The first-order chi connectivity index (χ1) is 6.86. The Morgan fingerprint density at radius 1 is 1.33 bits per heavy atom. The first kappa shape index (κ1) is 11.8. The van der Waals surface area contributed by atoms with Crippen LogP contribution in [0.5, 0.6) is 0 Å². The highest BCUT2D eigenvalue weighted by molar-refractivity contribution is 6.31. The van der Waals surface area contributed by atoms with Gasteiger partial charge < -0.3 is 0 Å². The van der Waals surface area contributed by atoms with Crippen LogP contribution in [0, 0.1) is 17.1 Å². The van der Waals surface area contributed by atoms with E-state index in [0.29, 0.717) is 6.07 Å². The number of hydrogen-bond acceptors (Lipinski definition) is 1. The Labute approximate surface area is 87.9 Å². The number of nitriles is 1. The first-order valence-electron chi connectivity index (χ1n) is 3.78. The monoisotopic (exact) mass is 237 g/mol. The molecule has 0 fully saturated rings. The second-order valence-electron chi connectivity index (χ2n) is 2.77. The number of halogens is 5. The summed E-state index contributed by atoms with van der Waals surface area (Å²) < 4.78 is 49.9. The van der Waals surface area contributed by atoms with E-state index < -0.39 is 22.6 Å². The molecular weight excluding hydrogens is 234 g/mol. The average molecular weight is 238 g/mol. The first-order valence-corrected chi connectivity index (χ1v) is 4.16. The van der Waals surface area contributed by atoms with E-state index in [2.05, 4.69) is 0 Å².